The van der Waals surface area contributed by atoms with Gasteiger partial charge in [0.25, 0.3) is 0 Å². The molecule has 0 aliphatic carbocycles. The third kappa shape index (κ3) is 4.44. The molecule has 0 N–H and O–H groups in total. The Morgan fingerprint density at radius 1 is 0.943 bits per heavy atom. The summed E-state index contributed by atoms with van der Waals surface area (Å²) in [5.41, 5.74) is 4.19. The number of hydrogen-bond donors (Lipinski definition) is 0. The van der Waals surface area contributed by atoms with Gasteiger partial charge in [-0.2, -0.15) is 4.68 Å². The van der Waals surface area contributed by atoms with Gasteiger partial charge in [-0.1, -0.05) is 36.4 Å². The van der Waals surface area contributed by atoms with Crippen molar-refractivity contribution in [1.82, 2.24) is 19.1 Å². The van der Waals surface area contributed by atoms with Crippen LogP contribution in [0.3, 0.4) is 0 Å². The SMILES string of the molecule is CCOC(=O)C(c1ccccc1)N1CCN(c2ccc(-n3nc4c(C)cccn4c3=O)cc2)CC1. The average Bonchev–Trinajstić information content (AvgIpc) is 3.23. The van der Waals surface area contributed by atoms with Crippen LogP contribution in [0.1, 0.15) is 24.1 Å². The van der Waals surface area contributed by atoms with Crippen molar-refractivity contribution in [2.75, 3.05) is 37.7 Å². The number of ether oxygens (including phenoxy) is 1. The van der Waals surface area contributed by atoms with E-state index in [-0.39, 0.29) is 11.7 Å². The van der Waals surface area contributed by atoms with Crippen LogP contribution in [-0.4, -0.2) is 57.8 Å². The van der Waals surface area contributed by atoms with E-state index in [1.807, 2.05) is 80.6 Å². The molecule has 8 heteroatoms. The number of aromatic nitrogens is 3. The van der Waals surface area contributed by atoms with Crippen LogP contribution in [0.2, 0.25) is 0 Å². The number of nitrogens with zero attached hydrogens (tertiary/aromatic N) is 5. The van der Waals surface area contributed by atoms with E-state index in [0.29, 0.717) is 12.3 Å². The molecule has 2 aromatic carbocycles. The maximum absolute atomic E-state index is 12.8. The Morgan fingerprint density at radius 2 is 1.63 bits per heavy atom. The van der Waals surface area contributed by atoms with Crippen LogP contribution in [0, 0.1) is 6.92 Å². The van der Waals surface area contributed by atoms with Gasteiger partial charge in [0.2, 0.25) is 0 Å². The highest BCUT2D eigenvalue weighted by Gasteiger charge is 2.31. The molecule has 1 unspecified atom stereocenters. The normalized spacial score (nSPS) is 15.3. The zero-order chi connectivity index (χ0) is 24.4. The minimum Gasteiger partial charge on any atom is -0.465 e. The maximum atomic E-state index is 12.8. The Kier molecular flexibility index (Phi) is 6.37. The fraction of sp³-hybridized carbons (Fsp3) is 0.296. The molecule has 180 valence electrons. The van der Waals surface area contributed by atoms with Crippen LogP contribution < -0.4 is 10.6 Å². The molecule has 1 aliphatic heterocycles. The van der Waals surface area contributed by atoms with E-state index >= 15 is 0 Å². The van der Waals surface area contributed by atoms with Crippen LogP contribution in [0.25, 0.3) is 11.3 Å². The number of carbonyl (C=O) groups is 1. The van der Waals surface area contributed by atoms with Crippen molar-refractivity contribution in [1.29, 1.82) is 0 Å². The molecule has 5 rings (SSSR count). The van der Waals surface area contributed by atoms with Crippen LogP contribution in [-0.2, 0) is 9.53 Å². The highest BCUT2D eigenvalue weighted by atomic mass is 16.5. The molecule has 1 saturated heterocycles. The molecule has 0 amide bonds. The highest BCUT2D eigenvalue weighted by molar-refractivity contribution is 5.77. The molecule has 0 spiro atoms. The van der Waals surface area contributed by atoms with E-state index in [0.717, 1.165) is 48.7 Å². The van der Waals surface area contributed by atoms with E-state index in [1.165, 1.54) is 4.68 Å². The lowest BCUT2D eigenvalue weighted by Gasteiger charge is -2.39. The fourth-order valence-corrected chi connectivity index (χ4v) is 4.69. The van der Waals surface area contributed by atoms with Crippen molar-refractivity contribution in [2.45, 2.75) is 19.9 Å². The summed E-state index contributed by atoms with van der Waals surface area (Å²) in [5.74, 6) is -0.204. The molecule has 2 aromatic heterocycles. The Labute approximate surface area is 204 Å². The van der Waals surface area contributed by atoms with Crippen LogP contribution >= 0.6 is 0 Å². The lowest BCUT2D eigenvalue weighted by Crippen LogP contribution is -2.49. The Bertz CT molecular complexity index is 1370. The number of aryl methyl sites for hydroxylation is 1. The fourth-order valence-electron chi connectivity index (χ4n) is 4.69. The second-order valence-corrected chi connectivity index (χ2v) is 8.68. The number of esters is 1. The van der Waals surface area contributed by atoms with Crippen molar-refractivity contribution in [3.8, 4) is 5.69 Å². The van der Waals surface area contributed by atoms with Gasteiger partial charge in [0.15, 0.2) is 5.65 Å². The maximum Gasteiger partial charge on any atom is 0.355 e. The van der Waals surface area contributed by atoms with Crippen LogP contribution in [0.4, 0.5) is 5.69 Å². The molecule has 1 aliphatic rings. The first kappa shape index (κ1) is 22.9. The Morgan fingerprint density at radius 3 is 2.29 bits per heavy atom. The third-order valence-electron chi connectivity index (χ3n) is 6.51. The monoisotopic (exact) mass is 471 g/mol. The zero-order valence-electron chi connectivity index (χ0n) is 20.0. The number of carbonyl (C=O) groups excluding carboxylic acids is 1. The van der Waals surface area contributed by atoms with Crippen LogP contribution in [0.5, 0.6) is 0 Å². The van der Waals surface area contributed by atoms with Gasteiger partial charge in [-0.25, -0.2) is 14.0 Å². The number of anilines is 1. The minimum absolute atomic E-state index is 0.184. The predicted molar refractivity (Wildman–Crippen MR) is 135 cm³/mol. The van der Waals surface area contributed by atoms with Gasteiger partial charge in [0.05, 0.1) is 12.3 Å². The number of pyridine rings is 1. The minimum atomic E-state index is -0.397. The summed E-state index contributed by atoms with van der Waals surface area (Å²) < 4.78 is 8.39. The molecule has 1 atom stereocenters. The van der Waals surface area contributed by atoms with Gasteiger partial charge >= 0.3 is 11.7 Å². The summed E-state index contributed by atoms with van der Waals surface area (Å²) in [6, 6.07) is 21.1. The van der Waals surface area contributed by atoms with E-state index in [4.69, 9.17) is 4.74 Å². The van der Waals surface area contributed by atoms with Crippen molar-refractivity contribution < 1.29 is 9.53 Å². The summed E-state index contributed by atoms with van der Waals surface area (Å²) in [6.07, 6.45) is 1.74. The first-order valence-corrected chi connectivity index (χ1v) is 11.9. The molecule has 35 heavy (non-hydrogen) atoms. The van der Waals surface area contributed by atoms with Crippen molar-refractivity contribution in [2.24, 2.45) is 0 Å². The van der Waals surface area contributed by atoms with E-state index < -0.39 is 6.04 Å². The molecular formula is C27H29N5O3. The summed E-state index contributed by atoms with van der Waals surface area (Å²) in [6.45, 7) is 7.20. The molecule has 8 nitrogen and oxygen atoms in total. The third-order valence-corrected chi connectivity index (χ3v) is 6.51. The molecule has 0 bridgehead atoms. The second kappa shape index (κ2) is 9.76. The number of hydrogen-bond acceptors (Lipinski definition) is 6. The topological polar surface area (TPSA) is 72.1 Å². The van der Waals surface area contributed by atoms with Gasteiger partial charge in [-0.05, 0) is 55.3 Å². The van der Waals surface area contributed by atoms with Crippen LogP contribution in [0.15, 0.2) is 77.7 Å². The summed E-state index contributed by atoms with van der Waals surface area (Å²) >= 11 is 0. The molecule has 0 saturated carbocycles. The molecular weight excluding hydrogens is 442 g/mol. The quantitative estimate of drug-likeness (QED) is 0.402. The summed E-state index contributed by atoms with van der Waals surface area (Å²) in [5, 5.41) is 4.52. The molecule has 0 radical (unpaired) electrons. The summed E-state index contributed by atoms with van der Waals surface area (Å²) in [7, 11) is 0. The molecule has 1 fully saturated rings. The van der Waals surface area contributed by atoms with E-state index in [1.54, 1.807) is 10.6 Å². The number of benzene rings is 2. The van der Waals surface area contributed by atoms with Gasteiger partial charge in [0, 0.05) is 38.1 Å². The Hall–Kier alpha value is -3.91. The smallest absolute Gasteiger partial charge is 0.355 e. The van der Waals surface area contributed by atoms with Gasteiger partial charge in [-0.15, -0.1) is 5.10 Å². The lowest BCUT2D eigenvalue weighted by molar-refractivity contribution is -0.150. The van der Waals surface area contributed by atoms with Crippen molar-refractivity contribution >= 4 is 17.3 Å². The first-order chi connectivity index (χ1) is 17.1. The highest BCUT2D eigenvalue weighted by Crippen LogP contribution is 2.26. The lowest BCUT2D eigenvalue weighted by atomic mass is 10.0. The average molecular weight is 472 g/mol. The van der Waals surface area contributed by atoms with Gasteiger partial charge in [-0.3, -0.25) is 4.90 Å². The number of fused-ring (bicyclic) bond motifs is 1. The second-order valence-electron chi connectivity index (χ2n) is 8.68. The standard InChI is InChI=1S/C27H29N5O3/c1-3-35-26(33)24(21-9-5-4-6-10-21)30-18-16-29(17-19-30)22-11-13-23(14-12-22)32-27(34)31-15-7-8-20(2)25(31)28-32/h4-15,24H,3,16-19H2,1-2H3. The number of piperazine rings is 1. The Balaban J connectivity index is 1.31. The first-order valence-electron chi connectivity index (χ1n) is 11.9. The molecule has 4 aromatic rings. The largest absolute Gasteiger partial charge is 0.465 e. The zero-order valence-corrected chi connectivity index (χ0v) is 20.0. The predicted octanol–water partition coefficient (Wildman–Crippen LogP) is 3.22. The van der Waals surface area contributed by atoms with Gasteiger partial charge < -0.3 is 9.64 Å². The summed E-state index contributed by atoms with van der Waals surface area (Å²) in [4.78, 5) is 30.0. The number of rotatable bonds is 6. The van der Waals surface area contributed by atoms with Gasteiger partial charge in [0.1, 0.15) is 6.04 Å². The van der Waals surface area contributed by atoms with E-state index in [9.17, 15) is 9.59 Å². The van der Waals surface area contributed by atoms with E-state index in [2.05, 4.69) is 14.9 Å². The van der Waals surface area contributed by atoms with Crippen molar-refractivity contribution in [3.63, 3.8) is 0 Å². The van der Waals surface area contributed by atoms with Crippen molar-refractivity contribution in [3.05, 3.63) is 94.5 Å². The molecule has 3 heterocycles.